The fraction of sp³-hybridized carbons (Fsp3) is 0.276. The minimum Gasteiger partial charge on any atom is -0.490 e. The Balaban J connectivity index is 1.21. The Hall–Kier alpha value is -4.55. The van der Waals surface area contributed by atoms with Crippen LogP contribution >= 0.6 is 0 Å². The Kier molecular flexibility index (Phi) is 6.10. The summed E-state index contributed by atoms with van der Waals surface area (Å²) in [7, 11) is 0. The molecule has 0 N–H and O–H groups in total. The lowest BCUT2D eigenvalue weighted by Gasteiger charge is -2.41. The molecule has 0 bridgehead atoms. The minimum atomic E-state index is -0.149. The number of rotatable bonds is 7. The van der Waals surface area contributed by atoms with Crippen molar-refractivity contribution < 1.29 is 4.74 Å². The Morgan fingerprint density at radius 3 is 2.68 bits per heavy atom. The van der Waals surface area contributed by atoms with Gasteiger partial charge in [0.1, 0.15) is 0 Å². The molecule has 2 aromatic carbocycles. The third-order valence-corrected chi connectivity index (χ3v) is 7.01. The molecule has 0 radical (unpaired) electrons. The second kappa shape index (κ2) is 9.72. The summed E-state index contributed by atoms with van der Waals surface area (Å²) in [6.45, 7) is 14.9. The summed E-state index contributed by atoms with van der Waals surface area (Å²) < 4.78 is 9.39. The van der Waals surface area contributed by atoms with Gasteiger partial charge in [-0.2, -0.15) is 0 Å². The predicted octanol–water partition coefficient (Wildman–Crippen LogP) is 4.42. The van der Waals surface area contributed by atoms with Gasteiger partial charge in [0.05, 0.1) is 43.2 Å². The fourth-order valence-corrected chi connectivity index (χ4v) is 4.83. The van der Waals surface area contributed by atoms with Crippen LogP contribution in [0.2, 0.25) is 0 Å². The van der Waals surface area contributed by atoms with E-state index in [1.807, 2.05) is 34.7 Å². The van der Waals surface area contributed by atoms with E-state index in [-0.39, 0.29) is 5.56 Å². The smallest absolute Gasteiger partial charge is 0.255 e. The van der Waals surface area contributed by atoms with E-state index in [0.29, 0.717) is 48.2 Å². The van der Waals surface area contributed by atoms with Crippen molar-refractivity contribution in [3.63, 3.8) is 0 Å². The first-order chi connectivity index (χ1) is 18.5. The zero-order valence-corrected chi connectivity index (χ0v) is 21.3. The summed E-state index contributed by atoms with van der Waals surface area (Å²) in [5.41, 5.74) is 3.69. The molecule has 0 aliphatic carbocycles. The van der Waals surface area contributed by atoms with Crippen molar-refractivity contribution in [1.29, 1.82) is 0 Å². The quantitative estimate of drug-likeness (QED) is 0.305. The van der Waals surface area contributed by atoms with E-state index in [1.165, 1.54) is 6.07 Å². The van der Waals surface area contributed by atoms with Gasteiger partial charge in [-0.1, -0.05) is 24.3 Å². The van der Waals surface area contributed by atoms with Gasteiger partial charge < -0.3 is 9.64 Å². The van der Waals surface area contributed by atoms with Gasteiger partial charge in [-0.15, -0.1) is 0 Å². The lowest BCUT2D eigenvalue weighted by atomic mass is 9.99. The van der Waals surface area contributed by atoms with E-state index in [9.17, 15) is 4.79 Å². The maximum Gasteiger partial charge on any atom is 0.255 e. The second-order valence-corrected chi connectivity index (χ2v) is 9.97. The van der Waals surface area contributed by atoms with Crippen molar-refractivity contribution in [3.05, 3.63) is 94.5 Å². The maximum atomic E-state index is 12.8. The number of nitrogens with zero attached hydrogens (tertiary/aromatic N) is 7. The molecule has 9 heteroatoms. The molecular weight excluding hydrogens is 478 g/mol. The van der Waals surface area contributed by atoms with Crippen LogP contribution < -0.4 is 10.3 Å². The van der Waals surface area contributed by atoms with Crippen LogP contribution in [0, 0.1) is 12.5 Å². The molecular formula is C29H27N7O2. The SMILES string of the molecule is [C-]#[N+]c1ccc2nc3n(Cc4cccc(-c5ncc(OCC6CN(C(C)C)C6)cn5)c4)c(=O)ccn3c2c1. The Morgan fingerprint density at radius 2 is 1.92 bits per heavy atom. The third kappa shape index (κ3) is 4.51. The average Bonchev–Trinajstić information content (AvgIpc) is 3.28. The van der Waals surface area contributed by atoms with Crippen LogP contribution in [-0.2, 0) is 6.54 Å². The van der Waals surface area contributed by atoms with E-state index in [0.717, 1.165) is 35.2 Å². The maximum absolute atomic E-state index is 12.8. The van der Waals surface area contributed by atoms with E-state index in [2.05, 4.69) is 38.5 Å². The van der Waals surface area contributed by atoms with Crippen LogP contribution in [0.5, 0.6) is 5.75 Å². The van der Waals surface area contributed by atoms with Gasteiger partial charge in [0, 0.05) is 42.9 Å². The Morgan fingerprint density at radius 1 is 1.11 bits per heavy atom. The molecule has 38 heavy (non-hydrogen) atoms. The first-order valence-electron chi connectivity index (χ1n) is 12.7. The van der Waals surface area contributed by atoms with Gasteiger partial charge in [0.15, 0.2) is 17.3 Å². The highest BCUT2D eigenvalue weighted by atomic mass is 16.5. The molecule has 3 aromatic heterocycles. The topological polar surface area (TPSA) is 81.9 Å². The van der Waals surface area contributed by atoms with Gasteiger partial charge in [-0.3, -0.25) is 13.8 Å². The summed E-state index contributed by atoms with van der Waals surface area (Å²) in [6, 6.07) is 15.3. The molecule has 1 aliphatic heterocycles. The molecule has 1 saturated heterocycles. The van der Waals surface area contributed by atoms with Gasteiger partial charge in [-0.05, 0) is 37.6 Å². The molecule has 1 fully saturated rings. The van der Waals surface area contributed by atoms with E-state index in [1.54, 1.807) is 35.3 Å². The molecule has 9 nitrogen and oxygen atoms in total. The zero-order chi connectivity index (χ0) is 26.2. The van der Waals surface area contributed by atoms with Crippen LogP contribution in [0.1, 0.15) is 19.4 Å². The van der Waals surface area contributed by atoms with E-state index >= 15 is 0 Å². The van der Waals surface area contributed by atoms with E-state index < -0.39 is 0 Å². The lowest BCUT2D eigenvalue weighted by molar-refractivity contribution is 0.0373. The Labute approximate surface area is 219 Å². The molecule has 1 aliphatic rings. The van der Waals surface area contributed by atoms with Gasteiger partial charge in [0.25, 0.3) is 5.56 Å². The molecule has 190 valence electrons. The number of benzene rings is 2. The molecule has 0 atom stereocenters. The van der Waals surface area contributed by atoms with Crippen molar-refractivity contribution in [2.45, 2.75) is 26.4 Å². The predicted molar refractivity (Wildman–Crippen MR) is 145 cm³/mol. The van der Waals surface area contributed by atoms with Crippen LogP contribution in [0.25, 0.3) is 33.0 Å². The van der Waals surface area contributed by atoms with Gasteiger partial charge in [-0.25, -0.2) is 19.8 Å². The van der Waals surface area contributed by atoms with Gasteiger partial charge in [0.2, 0.25) is 5.78 Å². The van der Waals surface area contributed by atoms with Crippen molar-refractivity contribution in [3.8, 4) is 17.1 Å². The normalized spacial score (nSPS) is 14.2. The summed E-state index contributed by atoms with van der Waals surface area (Å²) in [4.78, 5) is 32.5. The largest absolute Gasteiger partial charge is 0.490 e. The van der Waals surface area contributed by atoms with Crippen molar-refractivity contribution >= 4 is 22.5 Å². The molecule has 5 aromatic rings. The fourth-order valence-electron chi connectivity index (χ4n) is 4.83. The number of likely N-dealkylation sites (tertiary alicyclic amines) is 1. The molecule has 6 rings (SSSR count). The zero-order valence-electron chi connectivity index (χ0n) is 21.3. The van der Waals surface area contributed by atoms with Crippen LogP contribution in [0.4, 0.5) is 5.69 Å². The molecule has 0 spiro atoms. The summed E-state index contributed by atoms with van der Waals surface area (Å²) in [5, 5.41) is 0. The highest BCUT2D eigenvalue weighted by molar-refractivity contribution is 5.83. The van der Waals surface area contributed by atoms with Gasteiger partial charge >= 0.3 is 0 Å². The number of imidazole rings is 1. The van der Waals surface area contributed by atoms with E-state index in [4.69, 9.17) is 11.3 Å². The van der Waals surface area contributed by atoms with Crippen molar-refractivity contribution in [2.24, 2.45) is 5.92 Å². The van der Waals surface area contributed by atoms with Crippen LogP contribution in [0.15, 0.2) is 71.9 Å². The lowest BCUT2D eigenvalue weighted by Crippen LogP contribution is -2.52. The highest BCUT2D eigenvalue weighted by Crippen LogP contribution is 2.24. The summed E-state index contributed by atoms with van der Waals surface area (Å²) >= 11 is 0. The van der Waals surface area contributed by atoms with Crippen molar-refractivity contribution in [1.82, 2.24) is 28.8 Å². The summed E-state index contributed by atoms with van der Waals surface area (Å²) in [5.74, 6) is 2.33. The molecule has 0 saturated carbocycles. The highest BCUT2D eigenvalue weighted by Gasteiger charge is 2.28. The number of aromatic nitrogens is 5. The summed E-state index contributed by atoms with van der Waals surface area (Å²) in [6.07, 6.45) is 5.13. The number of fused-ring (bicyclic) bond motifs is 3. The van der Waals surface area contributed by atoms with Crippen molar-refractivity contribution in [2.75, 3.05) is 19.7 Å². The Bertz CT molecular complexity index is 1720. The standard InChI is InChI=1S/C29H27N7O2/c1-19(2)34-15-21(16-34)18-38-24-13-31-28(32-14-24)22-6-4-5-20(11-22)17-36-27(37)9-10-35-26-12-23(30-3)7-8-25(26)33-29(35)36/h4-14,19,21H,15-18H2,1-2H3. The molecule has 0 amide bonds. The third-order valence-electron chi connectivity index (χ3n) is 7.01. The monoisotopic (exact) mass is 505 g/mol. The number of ether oxygens (including phenoxy) is 1. The van der Waals surface area contributed by atoms with Crippen LogP contribution in [-0.4, -0.2) is 54.6 Å². The molecule has 4 heterocycles. The first-order valence-corrected chi connectivity index (χ1v) is 12.7. The average molecular weight is 506 g/mol. The van der Waals surface area contributed by atoms with Crippen LogP contribution in [0.3, 0.4) is 0 Å². The first kappa shape index (κ1) is 23.8. The molecule has 0 unspecified atom stereocenters. The minimum absolute atomic E-state index is 0.149. The number of hydrogen-bond acceptors (Lipinski definition) is 6. The number of hydrogen-bond donors (Lipinski definition) is 0. The second-order valence-electron chi connectivity index (χ2n) is 9.97.